The number of nitrogens with zero attached hydrogens (tertiary/aromatic N) is 1. The van der Waals surface area contributed by atoms with E-state index in [1.807, 2.05) is 25.1 Å². The molecule has 0 aliphatic rings. The van der Waals surface area contributed by atoms with Crippen molar-refractivity contribution >= 4 is 5.78 Å². The summed E-state index contributed by atoms with van der Waals surface area (Å²) in [5, 5.41) is 8.82. The van der Waals surface area contributed by atoms with Gasteiger partial charge in [0.15, 0.2) is 5.78 Å². The molecule has 2 heteroatoms. The molecule has 0 aromatic heterocycles. The van der Waals surface area contributed by atoms with Crippen molar-refractivity contribution in [1.82, 2.24) is 0 Å². The lowest BCUT2D eigenvalue weighted by molar-refractivity contribution is 0.0983. The summed E-state index contributed by atoms with van der Waals surface area (Å²) in [7, 11) is 0. The van der Waals surface area contributed by atoms with Gasteiger partial charge >= 0.3 is 0 Å². The zero-order valence-electron chi connectivity index (χ0n) is 10.9. The van der Waals surface area contributed by atoms with E-state index in [2.05, 4.69) is 12.1 Å². The molecule has 0 unspecified atom stereocenters. The zero-order chi connectivity index (χ0) is 13.7. The van der Waals surface area contributed by atoms with Crippen LogP contribution in [0.4, 0.5) is 0 Å². The molecular weight excluding hydrogens is 234 g/mol. The van der Waals surface area contributed by atoms with E-state index in [0.717, 1.165) is 6.42 Å². The molecule has 19 heavy (non-hydrogen) atoms. The summed E-state index contributed by atoms with van der Waals surface area (Å²) in [5.41, 5.74) is 3.52. The molecule has 0 N–H and O–H groups in total. The molecule has 0 aliphatic carbocycles. The number of carbonyl (C=O) groups excluding carboxylic acids is 1. The second-order valence-electron chi connectivity index (χ2n) is 4.60. The molecule has 0 saturated heterocycles. The Morgan fingerprint density at radius 1 is 1.16 bits per heavy atom. The highest BCUT2D eigenvalue weighted by atomic mass is 16.1. The van der Waals surface area contributed by atoms with Gasteiger partial charge in [0.25, 0.3) is 0 Å². The number of nitriles is 1. The van der Waals surface area contributed by atoms with Gasteiger partial charge in [-0.05, 0) is 31.0 Å². The smallest absolute Gasteiger partial charge is 0.163 e. The van der Waals surface area contributed by atoms with Crippen LogP contribution in [0.25, 0.3) is 0 Å². The SMILES string of the molecule is Cc1cccc(CCC(=O)c2cccc(C#N)c2)c1. The molecule has 0 saturated carbocycles. The molecular formula is C17H15NO. The molecule has 0 radical (unpaired) electrons. The Morgan fingerprint density at radius 3 is 2.68 bits per heavy atom. The second kappa shape index (κ2) is 5.97. The summed E-state index contributed by atoms with van der Waals surface area (Å²) in [5.74, 6) is 0.0820. The van der Waals surface area contributed by atoms with Crippen molar-refractivity contribution in [1.29, 1.82) is 5.26 Å². The molecule has 2 rings (SSSR count). The van der Waals surface area contributed by atoms with Gasteiger partial charge in [-0.3, -0.25) is 4.79 Å². The molecule has 0 heterocycles. The van der Waals surface area contributed by atoms with Gasteiger partial charge in [-0.25, -0.2) is 0 Å². The Morgan fingerprint density at radius 2 is 1.95 bits per heavy atom. The fraction of sp³-hybridized carbons (Fsp3) is 0.176. The molecule has 0 aliphatic heterocycles. The first kappa shape index (κ1) is 13.0. The minimum absolute atomic E-state index is 0.0820. The van der Waals surface area contributed by atoms with E-state index in [4.69, 9.17) is 5.26 Å². The van der Waals surface area contributed by atoms with Gasteiger partial charge < -0.3 is 0 Å². The molecule has 0 atom stereocenters. The summed E-state index contributed by atoms with van der Waals surface area (Å²) >= 11 is 0. The minimum Gasteiger partial charge on any atom is -0.294 e. The molecule has 0 bridgehead atoms. The Labute approximate surface area is 113 Å². The quantitative estimate of drug-likeness (QED) is 0.775. The van der Waals surface area contributed by atoms with Crippen LogP contribution in [-0.4, -0.2) is 5.78 Å². The van der Waals surface area contributed by atoms with Crippen LogP contribution in [-0.2, 0) is 6.42 Å². The first-order chi connectivity index (χ1) is 9.19. The summed E-state index contributed by atoms with van der Waals surface area (Å²) in [6.07, 6.45) is 1.20. The fourth-order valence-electron chi connectivity index (χ4n) is 2.03. The van der Waals surface area contributed by atoms with Crippen molar-refractivity contribution in [2.24, 2.45) is 0 Å². The number of Topliss-reactive ketones (excluding diaryl/α,β-unsaturated/α-hetero) is 1. The third kappa shape index (κ3) is 3.53. The first-order valence-electron chi connectivity index (χ1n) is 6.28. The van der Waals surface area contributed by atoms with Gasteiger partial charge in [0, 0.05) is 12.0 Å². The molecule has 94 valence electrons. The van der Waals surface area contributed by atoms with E-state index in [1.165, 1.54) is 11.1 Å². The molecule has 2 nitrogen and oxygen atoms in total. The van der Waals surface area contributed by atoms with Crippen LogP contribution in [0.2, 0.25) is 0 Å². The van der Waals surface area contributed by atoms with E-state index in [-0.39, 0.29) is 5.78 Å². The van der Waals surface area contributed by atoms with Crippen molar-refractivity contribution in [3.8, 4) is 6.07 Å². The van der Waals surface area contributed by atoms with Crippen molar-refractivity contribution in [3.63, 3.8) is 0 Å². The number of aryl methyl sites for hydroxylation is 2. The van der Waals surface area contributed by atoms with Crippen molar-refractivity contribution < 1.29 is 4.79 Å². The van der Waals surface area contributed by atoms with Crippen LogP contribution in [0.1, 0.15) is 33.5 Å². The summed E-state index contributed by atoms with van der Waals surface area (Å²) in [4.78, 5) is 12.1. The molecule has 2 aromatic carbocycles. The maximum atomic E-state index is 12.1. The van der Waals surface area contributed by atoms with Crippen LogP contribution >= 0.6 is 0 Å². The lowest BCUT2D eigenvalue weighted by atomic mass is 10.0. The average molecular weight is 249 g/mol. The predicted molar refractivity (Wildman–Crippen MR) is 75.0 cm³/mol. The van der Waals surface area contributed by atoms with Crippen LogP contribution < -0.4 is 0 Å². The molecule has 0 fully saturated rings. The van der Waals surface area contributed by atoms with Crippen molar-refractivity contribution in [2.75, 3.05) is 0 Å². The monoisotopic (exact) mass is 249 g/mol. The summed E-state index contributed by atoms with van der Waals surface area (Å²) in [6, 6.07) is 17.1. The topological polar surface area (TPSA) is 40.9 Å². The van der Waals surface area contributed by atoms with E-state index in [9.17, 15) is 4.79 Å². The van der Waals surface area contributed by atoms with Gasteiger partial charge in [-0.2, -0.15) is 5.26 Å². The molecule has 0 amide bonds. The lowest BCUT2D eigenvalue weighted by Gasteiger charge is -2.03. The van der Waals surface area contributed by atoms with Crippen LogP contribution in [0.15, 0.2) is 48.5 Å². The van der Waals surface area contributed by atoms with Crippen LogP contribution in [0.5, 0.6) is 0 Å². The lowest BCUT2D eigenvalue weighted by Crippen LogP contribution is -2.01. The minimum atomic E-state index is 0.0820. The van der Waals surface area contributed by atoms with E-state index in [0.29, 0.717) is 17.5 Å². The van der Waals surface area contributed by atoms with Gasteiger partial charge in [0.2, 0.25) is 0 Å². The third-order valence-electron chi connectivity index (χ3n) is 3.04. The Kier molecular flexibility index (Phi) is 4.10. The van der Waals surface area contributed by atoms with E-state index >= 15 is 0 Å². The zero-order valence-corrected chi connectivity index (χ0v) is 10.9. The van der Waals surface area contributed by atoms with Gasteiger partial charge in [0.1, 0.15) is 0 Å². The number of ketones is 1. The fourth-order valence-corrected chi connectivity index (χ4v) is 2.03. The Bertz CT molecular complexity index is 638. The molecule has 0 spiro atoms. The van der Waals surface area contributed by atoms with Crippen molar-refractivity contribution in [3.05, 3.63) is 70.8 Å². The first-order valence-corrected chi connectivity index (χ1v) is 6.28. The maximum Gasteiger partial charge on any atom is 0.163 e. The van der Waals surface area contributed by atoms with Crippen molar-refractivity contribution in [2.45, 2.75) is 19.8 Å². The van der Waals surface area contributed by atoms with Crippen LogP contribution in [0.3, 0.4) is 0 Å². The standard InChI is InChI=1S/C17H15NO/c1-13-4-2-5-14(10-13)8-9-17(19)16-7-3-6-15(11-16)12-18/h2-7,10-11H,8-9H2,1H3. The van der Waals surface area contributed by atoms with Crippen LogP contribution in [0, 0.1) is 18.3 Å². The number of carbonyl (C=O) groups is 1. The highest BCUT2D eigenvalue weighted by molar-refractivity contribution is 5.96. The maximum absolute atomic E-state index is 12.1. The molecule has 2 aromatic rings. The predicted octanol–water partition coefficient (Wildman–Crippen LogP) is 3.68. The Balaban J connectivity index is 2.03. The Hall–Kier alpha value is -2.40. The van der Waals surface area contributed by atoms with E-state index in [1.54, 1.807) is 24.3 Å². The number of benzene rings is 2. The van der Waals surface area contributed by atoms with Gasteiger partial charge in [-0.1, -0.05) is 42.0 Å². The van der Waals surface area contributed by atoms with E-state index < -0.39 is 0 Å². The average Bonchev–Trinajstić information content (AvgIpc) is 2.45. The summed E-state index contributed by atoms with van der Waals surface area (Å²) in [6.45, 7) is 2.04. The normalized spacial score (nSPS) is 9.89. The highest BCUT2D eigenvalue weighted by Gasteiger charge is 2.07. The number of rotatable bonds is 4. The largest absolute Gasteiger partial charge is 0.294 e. The van der Waals surface area contributed by atoms with Gasteiger partial charge in [-0.15, -0.1) is 0 Å². The van der Waals surface area contributed by atoms with Gasteiger partial charge in [0.05, 0.1) is 11.6 Å². The number of hydrogen-bond donors (Lipinski definition) is 0. The highest BCUT2D eigenvalue weighted by Crippen LogP contribution is 2.11. The number of hydrogen-bond acceptors (Lipinski definition) is 2. The summed E-state index contributed by atoms with van der Waals surface area (Å²) < 4.78 is 0. The third-order valence-corrected chi connectivity index (χ3v) is 3.04. The second-order valence-corrected chi connectivity index (χ2v) is 4.60.